The second kappa shape index (κ2) is 6.26. The fourth-order valence-electron chi connectivity index (χ4n) is 3.67. The molecule has 6 nitrogen and oxygen atoms in total. The maximum Gasteiger partial charge on any atom is 0.325 e. The summed E-state index contributed by atoms with van der Waals surface area (Å²) in [7, 11) is 1.52. The van der Waals surface area contributed by atoms with E-state index >= 15 is 0 Å². The number of ether oxygens (including phenoxy) is 1. The van der Waals surface area contributed by atoms with Gasteiger partial charge < -0.3 is 10.1 Å². The Labute approximate surface area is 141 Å². The van der Waals surface area contributed by atoms with Crippen LogP contribution < -0.4 is 10.1 Å². The number of hydrogen-bond acceptors (Lipinski definition) is 4. The van der Waals surface area contributed by atoms with Crippen LogP contribution in [0.25, 0.3) is 0 Å². The van der Waals surface area contributed by atoms with Crippen LogP contribution >= 0.6 is 0 Å². The van der Waals surface area contributed by atoms with Gasteiger partial charge in [0.2, 0.25) is 0 Å². The summed E-state index contributed by atoms with van der Waals surface area (Å²) in [6, 6.07) is 6.25. The Morgan fingerprint density at radius 2 is 2.17 bits per heavy atom. The summed E-state index contributed by atoms with van der Waals surface area (Å²) in [4.78, 5) is 38.7. The Balaban J connectivity index is 1.78. The molecule has 3 amide bonds. The molecule has 1 N–H and O–H groups in total. The minimum atomic E-state index is -0.829. The molecule has 128 valence electrons. The number of amides is 3. The predicted molar refractivity (Wildman–Crippen MR) is 87.9 cm³/mol. The van der Waals surface area contributed by atoms with Crippen molar-refractivity contribution in [3.8, 4) is 5.75 Å². The molecule has 1 aromatic rings. The SMILES string of the molecule is COc1cccc(C(=O)CN2C(=O)NC3(CCCCC3C)C2=O)c1. The zero-order chi connectivity index (χ0) is 17.3. The van der Waals surface area contributed by atoms with Crippen molar-refractivity contribution in [2.24, 2.45) is 5.92 Å². The zero-order valence-electron chi connectivity index (χ0n) is 14.0. The first-order valence-corrected chi connectivity index (χ1v) is 8.29. The molecule has 0 bridgehead atoms. The summed E-state index contributed by atoms with van der Waals surface area (Å²) in [6.45, 7) is 1.75. The second-order valence-electron chi connectivity index (χ2n) is 6.59. The third-order valence-electron chi connectivity index (χ3n) is 5.19. The molecule has 1 aliphatic heterocycles. The predicted octanol–water partition coefficient (Wildman–Crippen LogP) is 2.38. The molecule has 2 atom stereocenters. The smallest absolute Gasteiger partial charge is 0.325 e. The van der Waals surface area contributed by atoms with Gasteiger partial charge in [0.25, 0.3) is 5.91 Å². The molecule has 1 aromatic carbocycles. The van der Waals surface area contributed by atoms with Crippen molar-refractivity contribution < 1.29 is 19.1 Å². The average molecular weight is 330 g/mol. The third kappa shape index (κ3) is 2.66. The lowest BCUT2D eigenvalue weighted by molar-refractivity contribution is -0.133. The molecular weight excluding hydrogens is 308 g/mol. The maximum atomic E-state index is 12.9. The Bertz CT molecular complexity index is 687. The maximum absolute atomic E-state index is 12.9. The van der Waals surface area contributed by atoms with Crippen LogP contribution in [0.2, 0.25) is 0 Å². The van der Waals surface area contributed by atoms with Gasteiger partial charge in [-0.1, -0.05) is 31.9 Å². The van der Waals surface area contributed by atoms with Gasteiger partial charge in [-0.3, -0.25) is 14.5 Å². The van der Waals surface area contributed by atoms with Crippen molar-refractivity contribution in [2.75, 3.05) is 13.7 Å². The van der Waals surface area contributed by atoms with E-state index in [1.54, 1.807) is 24.3 Å². The number of imide groups is 1. The molecular formula is C18H22N2O4. The molecule has 0 radical (unpaired) electrons. The summed E-state index contributed by atoms with van der Waals surface area (Å²) in [5.74, 6) is 0.101. The number of methoxy groups -OCH3 is 1. The summed E-state index contributed by atoms with van der Waals surface area (Å²) >= 11 is 0. The molecule has 1 heterocycles. The van der Waals surface area contributed by atoms with Gasteiger partial charge in [0, 0.05) is 5.56 Å². The van der Waals surface area contributed by atoms with Crippen molar-refractivity contribution in [3.63, 3.8) is 0 Å². The van der Waals surface area contributed by atoms with Crippen LogP contribution in [0.3, 0.4) is 0 Å². The van der Waals surface area contributed by atoms with Crippen LogP contribution in [0.4, 0.5) is 4.79 Å². The van der Waals surface area contributed by atoms with Gasteiger partial charge in [-0.25, -0.2) is 4.79 Å². The average Bonchev–Trinajstić information content (AvgIpc) is 2.82. The molecule has 2 unspecified atom stereocenters. The fraction of sp³-hybridized carbons (Fsp3) is 0.500. The second-order valence-corrected chi connectivity index (χ2v) is 6.59. The van der Waals surface area contributed by atoms with Crippen molar-refractivity contribution in [1.29, 1.82) is 0 Å². The van der Waals surface area contributed by atoms with Crippen molar-refractivity contribution in [2.45, 2.75) is 38.1 Å². The highest BCUT2D eigenvalue weighted by Crippen LogP contribution is 2.38. The standard InChI is InChI=1S/C18H22N2O4/c1-12-6-3-4-9-18(12)16(22)20(17(23)19-18)11-15(21)13-7-5-8-14(10-13)24-2/h5,7-8,10,12H,3-4,6,9,11H2,1-2H3,(H,19,23). The number of carbonyl (C=O) groups is 3. The largest absolute Gasteiger partial charge is 0.497 e. The van der Waals surface area contributed by atoms with Crippen molar-refractivity contribution >= 4 is 17.7 Å². The van der Waals surface area contributed by atoms with Crippen LogP contribution in [0.1, 0.15) is 43.0 Å². The first-order chi connectivity index (χ1) is 11.5. The number of urea groups is 1. The lowest BCUT2D eigenvalue weighted by Crippen LogP contribution is -2.54. The summed E-state index contributed by atoms with van der Waals surface area (Å²) in [5, 5.41) is 2.86. The van der Waals surface area contributed by atoms with Gasteiger partial charge in [-0.15, -0.1) is 0 Å². The molecule has 24 heavy (non-hydrogen) atoms. The van der Waals surface area contributed by atoms with Crippen LogP contribution in [0.15, 0.2) is 24.3 Å². The number of benzene rings is 1. The van der Waals surface area contributed by atoms with E-state index in [1.807, 2.05) is 6.92 Å². The van der Waals surface area contributed by atoms with Crippen LogP contribution in [-0.2, 0) is 4.79 Å². The number of hydrogen-bond donors (Lipinski definition) is 1. The van der Waals surface area contributed by atoms with E-state index < -0.39 is 11.6 Å². The van der Waals surface area contributed by atoms with Crippen molar-refractivity contribution in [3.05, 3.63) is 29.8 Å². The fourth-order valence-corrected chi connectivity index (χ4v) is 3.67. The normalized spacial score (nSPS) is 26.6. The summed E-state index contributed by atoms with van der Waals surface area (Å²) in [6.07, 6.45) is 3.52. The van der Waals surface area contributed by atoms with Gasteiger partial charge in [0.05, 0.1) is 13.7 Å². The quantitative estimate of drug-likeness (QED) is 0.679. The van der Waals surface area contributed by atoms with Crippen LogP contribution in [0.5, 0.6) is 5.75 Å². The van der Waals surface area contributed by atoms with Gasteiger partial charge in [0.1, 0.15) is 11.3 Å². The van der Waals surface area contributed by atoms with Gasteiger partial charge in [-0.2, -0.15) is 0 Å². The molecule has 1 saturated carbocycles. The lowest BCUT2D eigenvalue weighted by atomic mass is 9.73. The number of rotatable bonds is 4. The van der Waals surface area contributed by atoms with E-state index in [-0.39, 0.29) is 24.2 Å². The minimum absolute atomic E-state index is 0.0830. The molecule has 6 heteroatoms. The number of nitrogens with one attached hydrogen (secondary N) is 1. The van der Waals surface area contributed by atoms with E-state index in [0.717, 1.165) is 24.2 Å². The topological polar surface area (TPSA) is 75.7 Å². The Morgan fingerprint density at radius 1 is 1.38 bits per heavy atom. The Hall–Kier alpha value is -2.37. The van der Waals surface area contributed by atoms with E-state index in [0.29, 0.717) is 17.7 Å². The highest BCUT2D eigenvalue weighted by molar-refractivity contribution is 6.11. The molecule has 3 rings (SSSR count). The first-order valence-electron chi connectivity index (χ1n) is 8.29. The summed E-state index contributed by atoms with van der Waals surface area (Å²) in [5.41, 5.74) is -0.406. The number of ketones is 1. The molecule has 2 aliphatic rings. The Kier molecular flexibility index (Phi) is 4.30. The lowest BCUT2D eigenvalue weighted by Gasteiger charge is -2.36. The molecule has 1 aliphatic carbocycles. The molecule has 0 aromatic heterocycles. The molecule has 1 spiro atoms. The number of carbonyl (C=O) groups excluding carboxylic acids is 3. The minimum Gasteiger partial charge on any atom is -0.497 e. The highest BCUT2D eigenvalue weighted by atomic mass is 16.5. The van der Waals surface area contributed by atoms with E-state index in [9.17, 15) is 14.4 Å². The van der Waals surface area contributed by atoms with Crippen LogP contribution in [0, 0.1) is 5.92 Å². The highest BCUT2D eigenvalue weighted by Gasteiger charge is 2.55. The Morgan fingerprint density at radius 3 is 2.88 bits per heavy atom. The molecule has 1 saturated heterocycles. The van der Waals surface area contributed by atoms with Gasteiger partial charge in [-0.05, 0) is 30.9 Å². The zero-order valence-corrected chi connectivity index (χ0v) is 14.0. The van der Waals surface area contributed by atoms with E-state index in [4.69, 9.17) is 4.74 Å². The monoisotopic (exact) mass is 330 g/mol. The molecule has 2 fully saturated rings. The van der Waals surface area contributed by atoms with Gasteiger partial charge in [0.15, 0.2) is 5.78 Å². The van der Waals surface area contributed by atoms with Gasteiger partial charge >= 0.3 is 6.03 Å². The van der Waals surface area contributed by atoms with Crippen LogP contribution in [-0.4, -0.2) is 41.8 Å². The number of Topliss-reactive ketones (excluding diaryl/α,β-unsaturated/α-hetero) is 1. The van der Waals surface area contributed by atoms with E-state index in [1.165, 1.54) is 7.11 Å². The number of nitrogens with zero attached hydrogens (tertiary/aromatic N) is 1. The third-order valence-corrected chi connectivity index (χ3v) is 5.19. The van der Waals surface area contributed by atoms with E-state index in [2.05, 4.69) is 5.32 Å². The first kappa shape index (κ1) is 16.5. The summed E-state index contributed by atoms with van der Waals surface area (Å²) < 4.78 is 5.11. The van der Waals surface area contributed by atoms with Crippen molar-refractivity contribution in [1.82, 2.24) is 10.2 Å².